The predicted octanol–water partition coefficient (Wildman–Crippen LogP) is 4.01. The van der Waals surface area contributed by atoms with Gasteiger partial charge < -0.3 is 10.1 Å². The van der Waals surface area contributed by atoms with E-state index in [1.165, 1.54) is 17.8 Å². The number of halogens is 1. The Morgan fingerprint density at radius 1 is 1.23 bits per heavy atom. The molecule has 6 nitrogen and oxygen atoms in total. The molecule has 8 heteroatoms. The van der Waals surface area contributed by atoms with Crippen LogP contribution in [0.25, 0.3) is 11.4 Å². The molecule has 0 radical (unpaired) electrons. The Labute approximate surface area is 178 Å². The van der Waals surface area contributed by atoms with Crippen LogP contribution in [0.3, 0.4) is 0 Å². The Hall–Kier alpha value is -2.87. The summed E-state index contributed by atoms with van der Waals surface area (Å²) in [5, 5.41) is 11.9. The Bertz CT molecular complexity index is 1040. The second-order valence-electron chi connectivity index (χ2n) is 7.19. The molecule has 1 aromatic heterocycles. The summed E-state index contributed by atoms with van der Waals surface area (Å²) in [5.41, 5.74) is 1.56. The molecule has 3 aromatic rings. The van der Waals surface area contributed by atoms with Gasteiger partial charge >= 0.3 is 0 Å². The van der Waals surface area contributed by atoms with Crippen molar-refractivity contribution < 1.29 is 13.9 Å². The van der Waals surface area contributed by atoms with Gasteiger partial charge in [-0.05, 0) is 49.6 Å². The SMILES string of the molecule is Cc1cccc(OCCNC(=O)CSc2nnc(-c3ccccc3F)n2C2CC2)c1. The number of rotatable bonds is 9. The van der Waals surface area contributed by atoms with Crippen molar-refractivity contribution in [3.05, 3.63) is 59.9 Å². The van der Waals surface area contributed by atoms with Crippen LogP contribution in [0.4, 0.5) is 4.39 Å². The molecule has 1 heterocycles. The van der Waals surface area contributed by atoms with Gasteiger partial charge in [0.2, 0.25) is 5.91 Å². The number of hydrogen-bond donors (Lipinski definition) is 1. The van der Waals surface area contributed by atoms with E-state index in [9.17, 15) is 9.18 Å². The molecule has 1 saturated carbocycles. The molecule has 0 aliphatic heterocycles. The van der Waals surface area contributed by atoms with E-state index in [1.807, 2.05) is 35.8 Å². The third-order valence-electron chi connectivity index (χ3n) is 4.71. The van der Waals surface area contributed by atoms with Crippen molar-refractivity contribution in [1.29, 1.82) is 0 Å². The number of amides is 1. The maximum Gasteiger partial charge on any atom is 0.230 e. The van der Waals surface area contributed by atoms with Gasteiger partial charge in [0.15, 0.2) is 11.0 Å². The van der Waals surface area contributed by atoms with E-state index >= 15 is 0 Å². The van der Waals surface area contributed by atoms with Crippen molar-refractivity contribution >= 4 is 17.7 Å². The first kappa shape index (κ1) is 20.4. The predicted molar refractivity (Wildman–Crippen MR) is 114 cm³/mol. The largest absolute Gasteiger partial charge is 0.492 e. The second kappa shape index (κ2) is 9.30. The lowest BCUT2D eigenvalue weighted by atomic mass is 10.2. The molecule has 1 N–H and O–H groups in total. The molecule has 0 bridgehead atoms. The van der Waals surface area contributed by atoms with Crippen molar-refractivity contribution in [3.63, 3.8) is 0 Å². The average Bonchev–Trinajstić information content (AvgIpc) is 3.49. The highest BCUT2D eigenvalue weighted by atomic mass is 32.2. The molecule has 2 aromatic carbocycles. The Kier molecular flexibility index (Phi) is 6.32. The summed E-state index contributed by atoms with van der Waals surface area (Å²) in [4.78, 5) is 12.2. The van der Waals surface area contributed by atoms with Crippen LogP contribution in [0.1, 0.15) is 24.4 Å². The number of aromatic nitrogens is 3. The molecule has 1 fully saturated rings. The topological polar surface area (TPSA) is 69.0 Å². The van der Waals surface area contributed by atoms with E-state index in [4.69, 9.17) is 4.74 Å². The number of aryl methyl sites for hydroxylation is 1. The van der Waals surface area contributed by atoms with E-state index in [-0.39, 0.29) is 23.5 Å². The zero-order chi connectivity index (χ0) is 20.9. The van der Waals surface area contributed by atoms with Crippen molar-refractivity contribution in [2.45, 2.75) is 31.0 Å². The van der Waals surface area contributed by atoms with Gasteiger partial charge in [-0.3, -0.25) is 9.36 Å². The monoisotopic (exact) mass is 426 g/mol. The number of nitrogens with zero attached hydrogens (tertiary/aromatic N) is 3. The van der Waals surface area contributed by atoms with Crippen molar-refractivity contribution in [2.24, 2.45) is 0 Å². The lowest BCUT2D eigenvalue weighted by molar-refractivity contribution is -0.118. The fraction of sp³-hybridized carbons (Fsp3) is 0.318. The molecule has 0 saturated heterocycles. The van der Waals surface area contributed by atoms with Crippen LogP contribution >= 0.6 is 11.8 Å². The third-order valence-corrected chi connectivity index (χ3v) is 5.65. The first-order valence-electron chi connectivity index (χ1n) is 9.90. The van der Waals surface area contributed by atoms with E-state index in [0.717, 1.165) is 24.2 Å². The summed E-state index contributed by atoms with van der Waals surface area (Å²) in [7, 11) is 0. The lowest BCUT2D eigenvalue weighted by Gasteiger charge is -2.10. The fourth-order valence-electron chi connectivity index (χ4n) is 3.11. The zero-order valence-corrected chi connectivity index (χ0v) is 17.5. The zero-order valence-electron chi connectivity index (χ0n) is 16.7. The quantitative estimate of drug-likeness (QED) is 0.414. The van der Waals surface area contributed by atoms with E-state index in [0.29, 0.717) is 29.7 Å². The first-order chi connectivity index (χ1) is 14.6. The number of ether oxygens (including phenoxy) is 1. The summed E-state index contributed by atoms with van der Waals surface area (Å²) < 4.78 is 21.8. The molecule has 0 atom stereocenters. The smallest absolute Gasteiger partial charge is 0.230 e. The first-order valence-corrected chi connectivity index (χ1v) is 10.9. The van der Waals surface area contributed by atoms with Gasteiger partial charge in [-0.25, -0.2) is 4.39 Å². The normalized spacial score (nSPS) is 13.3. The fourth-order valence-corrected chi connectivity index (χ4v) is 3.94. The highest BCUT2D eigenvalue weighted by molar-refractivity contribution is 7.99. The summed E-state index contributed by atoms with van der Waals surface area (Å²) in [6.07, 6.45) is 2.02. The standard InChI is InChI=1S/C22H23FN4O2S/c1-15-5-4-6-17(13-15)29-12-11-24-20(28)14-30-22-26-25-21(27(22)16-9-10-16)18-7-2-3-8-19(18)23/h2-8,13,16H,9-12,14H2,1H3,(H,24,28). The van der Waals surface area contributed by atoms with Gasteiger partial charge in [0.25, 0.3) is 0 Å². The number of benzene rings is 2. The van der Waals surface area contributed by atoms with Crippen LogP contribution in [0.15, 0.2) is 53.7 Å². The molecule has 156 valence electrons. The van der Waals surface area contributed by atoms with Crippen LogP contribution in [0.2, 0.25) is 0 Å². The highest BCUT2D eigenvalue weighted by Crippen LogP contribution is 2.41. The van der Waals surface area contributed by atoms with Gasteiger partial charge in [-0.15, -0.1) is 10.2 Å². The van der Waals surface area contributed by atoms with Gasteiger partial charge in [0.05, 0.1) is 17.9 Å². The summed E-state index contributed by atoms with van der Waals surface area (Å²) in [5.74, 6) is 1.09. The van der Waals surface area contributed by atoms with Crippen LogP contribution in [0, 0.1) is 12.7 Å². The minimum absolute atomic E-state index is 0.106. The number of hydrogen-bond acceptors (Lipinski definition) is 5. The molecule has 0 unspecified atom stereocenters. The van der Waals surface area contributed by atoms with Crippen molar-refractivity contribution in [2.75, 3.05) is 18.9 Å². The molecule has 4 rings (SSSR count). The van der Waals surface area contributed by atoms with Crippen molar-refractivity contribution in [1.82, 2.24) is 20.1 Å². The average molecular weight is 427 g/mol. The number of carbonyl (C=O) groups is 1. The molecule has 0 spiro atoms. The number of nitrogens with one attached hydrogen (secondary N) is 1. The van der Waals surface area contributed by atoms with Crippen LogP contribution in [-0.4, -0.2) is 39.6 Å². The van der Waals surface area contributed by atoms with Gasteiger partial charge in [0.1, 0.15) is 18.2 Å². The summed E-state index contributed by atoms with van der Waals surface area (Å²) in [6.45, 7) is 2.82. The highest BCUT2D eigenvalue weighted by Gasteiger charge is 2.31. The van der Waals surface area contributed by atoms with Gasteiger partial charge in [0, 0.05) is 6.04 Å². The lowest BCUT2D eigenvalue weighted by Crippen LogP contribution is -2.29. The van der Waals surface area contributed by atoms with Gasteiger partial charge in [-0.2, -0.15) is 0 Å². The van der Waals surface area contributed by atoms with Crippen molar-refractivity contribution in [3.8, 4) is 17.1 Å². The maximum absolute atomic E-state index is 14.2. The minimum Gasteiger partial charge on any atom is -0.492 e. The van der Waals surface area contributed by atoms with E-state index < -0.39 is 0 Å². The molecular formula is C22H23FN4O2S. The van der Waals surface area contributed by atoms with Crippen LogP contribution < -0.4 is 10.1 Å². The second-order valence-corrected chi connectivity index (χ2v) is 8.13. The number of thioether (sulfide) groups is 1. The van der Waals surface area contributed by atoms with Crippen LogP contribution in [-0.2, 0) is 4.79 Å². The Morgan fingerprint density at radius 3 is 2.83 bits per heavy atom. The van der Waals surface area contributed by atoms with Gasteiger partial charge in [-0.1, -0.05) is 36.0 Å². The Balaban J connectivity index is 1.30. The maximum atomic E-state index is 14.2. The van der Waals surface area contributed by atoms with E-state index in [2.05, 4.69) is 15.5 Å². The Morgan fingerprint density at radius 2 is 2.07 bits per heavy atom. The van der Waals surface area contributed by atoms with E-state index in [1.54, 1.807) is 18.2 Å². The summed E-state index contributed by atoms with van der Waals surface area (Å²) >= 11 is 1.32. The molecule has 30 heavy (non-hydrogen) atoms. The minimum atomic E-state index is -0.324. The molecule has 1 aliphatic rings. The van der Waals surface area contributed by atoms with Crippen LogP contribution in [0.5, 0.6) is 5.75 Å². The third kappa shape index (κ3) is 4.99. The molecule has 1 aliphatic carbocycles. The summed E-state index contributed by atoms with van der Waals surface area (Å²) in [6, 6.07) is 14.6. The number of carbonyl (C=O) groups excluding carboxylic acids is 1. The molecular weight excluding hydrogens is 403 g/mol. The molecule has 1 amide bonds.